The van der Waals surface area contributed by atoms with Gasteiger partial charge in [0.1, 0.15) is 0 Å². The fourth-order valence-electron chi connectivity index (χ4n) is 3.69. The third-order valence-corrected chi connectivity index (χ3v) is 5.63. The van der Waals surface area contributed by atoms with E-state index >= 15 is 0 Å². The van der Waals surface area contributed by atoms with E-state index < -0.39 is 23.8 Å². The Labute approximate surface area is 201 Å². The molecule has 0 aromatic heterocycles. The highest BCUT2D eigenvalue weighted by Gasteiger charge is 2.22. The summed E-state index contributed by atoms with van der Waals surface area (Å²) in [5.41, 5.74) is 1.07. The largest absolute Gasteiger partial charge is 0.550 e. The molecule has 0 spiro atoms. The Hall–Kier alpha value is -2.97. The maximum absolute atomic E-state index is 11.5. The van der Waals surface area contributed by atoms with Crippen molar-refractivity contribution in [3.05, 3.63) is 55.0 Å². The van der Waals surface area contributed by atoms with Gasteiger partial charge in [-0.2, -0.15) is 0 Å². The number of carbonyl (C=O) groups is 3. The molecule has 1 aliphatic heterocycles. The van der Waals surface area contributed by atoms with Gasteiger partial charge in [-0.05, 0) is 68.6 Å². The first-order valence-electron chi connectivity index (χ1n) is 11.5. The molecule has 2 aromatic carbocycles. The Balaban J connectivity index is 0.000000369. The maximum atomic E-state index is 11.5. The molecule has 2 unspecified atom stereocenters. The van der Waals surface area contributed by atoms with E-state index in [0.717, 1.165) is 55.4 Å². The van der Waals surface area contributed by atoms with Crippen molar-refractivity contribution in [1.82, 2.24) is 4.90 Å². The number of rotatable bonds is 8. The molecule has 0 saturated carbocycles. The summed E-state index contributed by atoms with van der Waals surface area (Å²) in [7, 11) is 0. The highest BCUT2D eigenvalue weighted by atomic mass is 16.5. The smallest absolute Gasteiger partial charge is 0.0870 e. The van der Waals surface area contributed by atoms with Crippen molar-refractivity contribution in [2.45, 2.75) is 45.6 Å². The summed E-state index contributed by atoms with van der Waals surface area (Å²) >= 11 is 0. The summed E-state index contributed by atoms with van der Waals surface area (Å²) in [4.78, 5) is 31.6. The van der Waals surface area contributed by atoms with Crippen molar-refractivity contribution < 1.29 is 34.4 Å². The Bertz CT molecular complexity index is 882. The minimum absolute atomic E-state index is 0.0721. The Morgan fingerprint density at radius 2 is 1.65 bits per heavy atom. The van der Waals surface area contributed by atoms with Gasteiger partial charge in [-0.25, -0.2) is 0 Å². The molecule has 1 aliphatic rings. The third kappa shape index (κ3) is 10.3. The number of fused-ring (bicyclic) bond motifs is 1. The zero-order valence-electron chi connectivity index (χ0n) is 19.9. The number of carboxylic acids is 3. The number of ether oxygens (including phenoxy) is 1. The van der Waals surface area contributed by atoms with Crippen molar-refractivity contribution >= 4 is 28.7 Å². The molecule has 0 amide bonds. The molecule has 0 aliphatic carbocycles. The number of benzene rings is 2. The van der Waals surface area contributed by atoms with Gasteiger partial charge < -0.3 is 39.3 Å². The maximum Gasteiger partial charge on any atom is 0.0870 e. The van der Waals surface area contributed by atoms with Gasteiger partial charge in [-0.1, -0.05) is 56.3 Å². The molecule has 1 fully saturated rings. The first-order chi connectivity index (χ1) is 16.2. The van der Waals surface area contributed by atoms with Crippen LogP contribution < -0.4 is 15.3 Å². The van der Waals surface area contributed by atoms with E-state index in [0.29, 0.717) is 12.8 Å². The number of aliphatic carboxylic acids is 3. The van der Waals surface area contributed by atoms with Gasteiger partial charge in [0.25, 0.3) is 0 Å². The predicted molar refractivity (Wildman–Crippen MR) is 123 cm³/mol. The van der Waals surface area contributed by atoms with Crippen molar-refractivity contribution in [3.63, 3.8) is 0 Å². The highest BCUT2D eigenvalue weighted by Crippen LogP contribution is 2.26. The predicted octanol–water partition coefficient (Wildman–Crippen LogP) is -0.0340. The van der Waals surface area contributed by atoms with E-state index in [1.54, 1.807) is 0 Å². The van der Waals surface area contributed by atoms with Crippen LogP contribution in [0.25, 0.3) is 10.8 Å². The zero-order chi connectivity index (χ0) is 25.5. The monoisotopic (exact) mass is 471 g/mol. The normalized spacial score (nSPS) is 15.6. The Kier molecular flexibility index (Phi) is 13.5. The number of nitrogens with zero attached hydrogens (tertiary/aromatic N) is 1. The van der Waals surface area contributed by atoms with Crippen LogP contribution >= 0.6 is 0 Å². The molecule has 34 heavy (non-hydrogen) atoms. The van der Waals surface area contributed by atoms with Crippen LogP contribution in [-0.2, 0) is 25.5 Å². The third-order valence-electron chi connectivity index (χ3n) is 5.63. The average molecular weight is 472 g/mol. The van der Waals surface area contributed by atoms with E-state index in [9.17, 15) is 9.90 Å². The topological polar surface area (TPSA) is 133 Å². The summed E-state index contributed by atoms with van der Waals surface area (Å²) < 4.78 is 5.57. The Morgan fingerprint density at radius 3 is 2.12 bits per heavy atom. The molecule has 2 aromatic rings. The first-order valence-corrected chi connectivity index (χ1v) is 11.5. The van der Waals surface area contributed by atoms with Crippen LogP contribution in [0.3, 0.4) is 0 Å². The van der Waals surface area contributed by atoms with Crippen LogP contribution in [0.5, 0.6) is 0 Å². The van der Waals surface area contributed by atoms with Crippen molar-refractivity contribution in [3.8, 4) is 0 Å². The molecule has 1 radical (unpaired) electrons. The molecule has 3 rings (SSSR count). The standard InChI is InChI=1S/C18H20O3.C6H14N.C2H2O4/c19-18(20)15(12-16-8-4-10-21-16)11-14-7-3-6-13-5-1-2-9-17(13)14;1-4-7(5-2)6-3;3-1(4)2(5)6/h1-3,5-7,9,15-16H,4,8,10-12H2,(H,19,20);1,4-6H2,2-3H3;(H,3,4)(H,5,6)/p-3. The van der Waals surface area contributed by atoms with Gasteiger partial charge in [0.2, 0.25) is 0 Å². The van der Waals surface area contributed by atoms with Crippen molar-refractivity contribution in [2.75, 3.05) is 26.2 Å². The van der Waals surface area contributed by atoms with Gasteiger partial charge >= 0.3 is 0 Å². The summed E-state index contributed by atoms with van der Waals surface area (Å²) in [6, 6.07) is 14.1. The van der Waals surface area contributed by atoms with Gasteiger partial charge in [0.05, 0.1) is 18.0 Å². The number of carboxylic acid groups (broad SMARTS) is 3. The van der Waals surface area contributed by atoms with E-state index in [1.807, 2.05) is 42.5 Å². The summed E-state index contributed by atoms with van der Waals surface area (Å²) in [5, 5.41) is 31.6. The van der Waals surface area contributed by atoms with Crippen LogP contribution in [0.2, 0.25) is 0 Å². The summed E-state index contributed by atoms with van der Waals surface area (Å²) in [6.07, 6.45) is 3.11. The van der Waals surface area contributed by atoms with E-state index in [2.05, 4.69) is 25.7 Å². The zero-order valence-corrected chi connectivity index (χ0v) is 19.9. The molecule has 2 atom stereocenters. The second-order valence-corrected chi connectivity index (χ2v) is 7.83. The molecule has 1 heterocycles. The Morgan fingerprint density at radius 1 is 1.03 bits per heavy atom. The average Bonchev–Trinajstić information content (AvgIpc) is 3.34. The number of hydrogen-bond donors (Lipinski definition) is 0. The van der Waals surface area contributed by atoms with Gasteiger partial charge in [0, 0.05) is 18.5 Å². The lowest BCUT2D eigenvalue weighted by molar-refractivity contribution is -0.345. The summed E-state index contributed by atoms with van der Waals surface area (Å²) in [5.74, 6) is -5.83. The lowest BCUT2D eigenvalue weighted by Crippen LogP contribution is -2.42. The number of hydrogen-bond acceptors (Lipinski definition) is 8. The van der Waals surface area contributed by atoms with E-state index in [-0.39, 0.29) is 6.10 Å². The molecule has 0 N–H and O–H groups in total. The minimum atomic E-state index is -2.19. The van der Waals surface area contributed by atoms with Crippen LogP contribution in [0, 0.1) is 12.8 Å². The first kappa shape index (κ1) is 29.1. The molecular weight excluding hydrogens is 438 g/mol. The lowest BCUT2D eigenvalue weighted by atomic mass is 9.90. The summed E-state index contributed by atoms with van der Waals surface area (Å²) in [6.45, 7) is 12.0. The van der Waals surface area contributed by atoms with Gasteiger partial charge in [-0.15, -0.1) is 0 Å². The van der Waals surface area contributed by atoms with Crippen LogP contribution in [0.15, 0.2) is 42.5 Å². The quantitative estimate of drug-likeness (QED) is 0.490. The molecule has 1 saturated heterocycles. The second-order valence-electron chi connectivity index (χ2n) is 7.83. The van der Waals surface area contributed by atoms with Crippen molar-refractivity contribution in [2.24, 2.45) is 5.92 Å². The fraction of sp³-hybridized carbons (Fsp3) is 0.462. The van der Waals surface area contributed by atoms with E-state index in [4.69, 9.17) is 24.5 Å². The fourth-order valence-corrected chi connectivity index (χ4v) is 3.69. The molecule has 8 heteroatoms. The molecule has 187 valence electrons. The SMILES string of the molecule is O=C([O-])C(=O)[O-].O=C([O-])C(Cc1cccc2ccccc12)CC1CCCO1.[CH2]CN(CC)CC. The van der Waals surface area contributed by atoms with Crippen LogP contribution in [0.1, 0.15) is 38.7 Å². The van der Waals surface area contributed by atoms with Crippen LogP contribution in [0.4, 0.5) is 0 Å². The molecule has 8 nitrogen and oxygen atoms in total. The van der Waals surface area contributed by atoms with Crippen molar-refractivity contribution in [1.29, 1.82) is 0 Å². The lowest BCUT2D eigenvalue weighted by Gasteiger charge is -2.22. The van der Waals surface area contributed by atoms with E-state index in [1.165, 1.54) is 0 Å². The highest BCUT2D eigenvalue weighted by molar-refractivity contribution is 6.25. The number of carbonyl (C=O) groups excluding carboxylic acids is 3. The van der Waals surface area contributed by atoms with Gasteiger partial charge in [-0.3, -0.25) is 0 Å². The van der Waals surface area contributed by atoms with Crippen LogP contribution in [-0.4, -0.2) is 55.2 Å². The second kappa shape index (κ2) is 15.8. The minimum Gasteiger partial charge on any atom is -0.550 e. The molecule has 0 bridgehead atoms. The van der Waals surface area contributed by atoms with Gasteiger partial charge in [0.15, 0.2) is 0 Å². The molecular formula is C26H33NO7-3.